The zero-order chi connectivity index (χ0) is 14.7. The molecule has 21 heavy (non-hydrogen) atoms. The Balaban J connectivity index is 1.76. The molecule has 1 aliphatic heterocycles. The number of hydrogen-bond acceptors (Lipinski definition) is 4. The third-order valence-electron chi connectivity index (χ3n) is 4.23. The van der Waals surface area contributed by atoms with E-state index in [0.717, 1.165) is 30.6 Å². The molecule has 1 aliphatic carbocycles. The van der Waals surface area contributed by atoms with Crippen LogP contribution in [0.4, 0.5) is 5.82 Å². The molecule has 4 nitrogen and oxygen atoms in total. The minimum atomic E-state index is 0.186. The highest BCUT2D eigenvalue weighted by Gasteiger charge is 2.33. The summed E-state index contributed by atoms with van der Waals surface area (Å²) >= 11 is 0. The fourth-order valence-corrected chi connectivity index (χ4v) is 3.10. The van der Waals surface area contributed by atoms with Crippen molar-refractivity contribution >= 4 is 5.82 Å². The van der Waals surface area contributed by atoms with Crippen LogP contribution in [0.3, 0.4) is 0 Å². The zero-order valence-electron chi connectivity index (χ0n) is 13.2. The van der Waals surface area contributed by atoms with Crippen molar-refractivity contribution in [3.63, 3.8) is 0 Å². The van der Waals surface area contributed by atoms with Crippen molar-refractivity contribution in [3.05, 3.63) is 18.3 Å². The summed E-state index contributed by atoms with van der Waals surface area (Å²) in [6, 6.07) is 4.68. The normalized spacial score (nSPS) is 22.3. The molecule has 1 unspecified atom stereocenters. The summed E-state index contributed by atoms with van der Waals surface area (Å²) in [5.41, 5.74) is 0. The molecule has 0 bridgehead atoms. The largest absolute Gasteiger partial charge is 0.487 e. The van der Waals surface area contributed by atoms with Crippen LogP contribution in [0.15, 0.2) is 18.3 Å². The summed E-state index contributed by atoms with van der Waals surface area (Å²) in [6.45, 7) is 7.55. The van der Waals surface area contributed by atoms with Gasteiger partial charge in [0.2, 0.25) is 0 Å². The fraction of sp³-hybridized carbons (Fsp3) is 0.706. The van der Waals surface area contributed by atoms with E-state index in [1.807, 2.05) is 12.3 Å². The minimum absolute atomic E-state index is 0.186. The Morgan fingerprint density at radius 3 is 2.90 bits per heavy atom. The average molecular weight is 289 g/mol. The molecule has 1 aromatic heterocycles. The molecule has 0 radical (unpaired) electrons. The second-order valence-electron chi connectivity index (χ2n) is 6.59. The Morgan fingerprint density at radius 2 is 2.24 bits per heavy atom. The van der Waals surface area contributed by atoms with Crippen LogP contribution >= 0.6 is 0 Å². The van der Waals surface area contributed by atoms with E-state index in [9.17, 15) is 0 Å². The molecule has 3 rings (SSSR count). The predicted molar refractivity (Wildman–Crippen MR) is 86.0 cm³/mol. The van der Waals surface area contributed by atoms with E-state index in [4.69, 9.17) is 4.74 Å². The SMILES string of the molecule is CC(C)Oc1cccnc1N(CC1CCCNC1)C1CC1. The van der Waals surface area contributed by atoms with Gasteiger partial charge in [-0.15, -0.1) is 0 Å². The number of nitrogens with one attached hydrogen (secondary N) is 1. The molecule has 2 fully saturated rings. The van der Waals surface area contributed by atoms with Gasteiger partial charge in [0.05, 0.1) is 6.10 Å². The summed E-state index contributed by atoms with van der Waals surface area (Å²) in [6.07, 6.45) is 7.27. The van der Waals surface area contributed by atoms with Crippen LogP contribution in [-0.4, -0.2) is 36.8 Å². The van der Waals surface area contributed by atoms with E-state index in [1.54, 1.807) is 0 Å². The van der Waals surface area contributed by atoms with Gasteiger partial charge in [-0.3, -0.25) is 0 Å². The Morgan fingerprint density at radius 1 is 1.38 bits per heavy atom. The fourth-order valence-electron chi connectivity index (χ4n) is 3.10. The van der Waals surface area contributed by atoms with Crippen molar-refractivity contribution in [3.8, 4) is 5.75 Å². The number of ether oxygens (including phenoxy) is 1. The van der Waals surface area contributed by atoms with Crippen LogP contribution in [0.2, 0.25) is 0 Å². The number of piperidine rings is 1. The molecule has 4 heteroatoms. The monoisotopic (exact) mass is 289 g/mol. The van der Waals surface area contributed by atoms with Gasteiger partial charge < -0.3 is 15.0 Å². The lowest BCUT2D eigenvalue weighted by Crippen LogP contribution is -2.39. The standard InChI is InChI=1S/C17H27N3O/c1-13(2)21-16-6-4-10-19-17(16)20(15-7-8-15)12-14-5-3-9-18-11-14/h4,6,10,13-15,18H,3,5,7-9,11-12H2,1-2H3. The van der Waals surface area contributed by atoms with Crippen LogP contribution in [0.25, 0.3) is 0 Å². The van der Waals surface area contributed by atoms with Gasteiger partial charge >= 0.3 is 0 Å². The van der Waals surface area contributed by atoms with Crippen molar-refractivity contribution in [2.24, 2.45) is 5.92 Å². The number of aromatic nitrogens is 1. The summed E-state index contributed by atoms with van der Waals surface area (Å²) in [4.78, 5) is 7.13. The average Bonchev–Trinajstić information content (AvgIpc) is 3.31. The zero-order valence-corrected chi connectivity index (χ0v) is 13.2. The highest BCUT2D eigenvalue weighted by molar-refractivity contribution is 5.54. The molecular weight excluding hydrogens is 262 g/mol. The maximum atomic E-state index is 5.97. The van der Waals surface area contributed by atoms with Crippen molar-refractivity contribution in [1.29, 1.82) is 0 Å². The smallest absolute Gasteiger partial charge is 0.171 e. The first-order valence-electron chi connectivity index (χ1n) is 8.33. The molecule has 0 aromatic carbocycles. The lowest BCUT2D eigenvalue weighted by atomic mass is 9.99. The quantitative estimate of drug-likeness (QED) is 0.874. The van der Waals surface area contributed by atoms with Crippen molar-refractivity contribution in [2.45, 2.75) is 51.7 Å². The molecule has 1 atom stereocenters. The maximum Gasteiger partial charge on any atom is 0.171 e. The van der Waals surface area contributed by atoms with Gasteiger partial charge in [-0.1, -0.05) is 0 Å². The Labute approximate surface area is 127 Å². The Kier molecular flexibility index (Phi) is 4.63. The highest BCUT2D eigenvalue weighted by atomic mass is 16.5. The van der Waals surface area contributed by atoms with Crippen molar-refractivity contribution < 1.29 is 4.74 Å². The lowest BCUT2D eigenvalue weighted by Gasteiger charge is -2.32. The van der Waals surface area contributed by atoms with Crippen LogP contribution < -0.4 is 15.0 Å². The summed E-state index contributed by atoms with van der Waals surface area (Å²) in [7, 11) is 0. The van der Waals surface area contributed by atoms with Gasteiger partial charge in [0.15, 0.2) is 11.6 Å². The van der Waals surface area contributed by atoms with Gasteiger partial charge in [-0.2, -0.15) is 0 Å². The van der Waals surface area contributed by atoms with E-state index in [1.165, 1.54) is 32.2 Å². The number of pyridine rings is 1. The first-order chi connectivity index (χ1) is 10.2. The number of anilines is 1. The number of rotatable bonds is 6. The molecule has 2 aliphatic rings. The van der Waals surface area contributed by atoms with Gasteiger partial charge in [0, 0.05) is 18.8 Å². The first-order valence-corrected chi connectivity index (χ1v) is 8.33. The Bertz CT molecular complexity index is 453. The van der Waals surface area contributed by atoms with Gasteiger partial charge in [0.1, 0.15) is 0 Å². The molecule has 1 N–H and O–H groups in total. The summed E-state index contributed by atoms with van der Waals surface area (Å²) < 4.78 is 5.97. The predicted octanol–water partition coefficient (Wildman–Crippen LogP) is 2.84. The Hall–Kier alpha value is -1.29. The van der Waals surface area contributed by atoms with Gasteiger partial charge in [-0.05, 0) is 70.7 Å². The van der Waals surface area contributed by atoms with E-state index < -0.39 is 0 Å². The van der Waals surface area contributed by atoms with E-state index in [2.05, 4.69) is 35.1 Å². The molecule has 1 saturated heterocycles. The molecule has 0 amide bonds. The molecule has 1 aromatic rings. The summed E-state index contributed by atoms with van der Waals surface area (Å²) in [5, 5.41) is 3.52. The van der Waals surface area contributed by atoms with Crippen LogP contribution in [0.5, 0.6) is 5.75 Å². The number of hydrogen-bond donors (Lipinski definition) is 1. The summed E-state index contributed by atoms with van der Waals surface area (Å²) in [5.74, 6) is 2.70. The van der Waals surface area contributed by atoms with Crippen molar-refractivity contribution in [2.75, 3.05) is 24.5 Å². The molecule has 1 saturated carbocycles. The van der Waals surface area contributed by atoms with Crippen LogP contribution in [-0.2, 0) is 0 Å². The highest BCUT2D eigenvalue weighted by Crippen LogP contribution is 2.36. The number of nitrogens with zero attached hydrogens (tertiary/aromatic N) is 2. The second-order valence-corrected chi connectivity index (χ2v) is 6.59. The van der Waals surface area contributed by atoms with Crippen LogP contribution in [0, 0.1) is 5.92 Å². The third kappa shape index (κ3) is 3.88. The third-order valence-corrected chi connectivity index (χ3v) is 4.23. The van der Waals surface area contributed by atoms with Crippen LogP contribution in [0.1, 0.15) is 39.5 Å². The maximum absolute atomic E-state index is 5.97. The van der Waals surface area contributed by atoms with Gasteiger partial charge in [-0.25, -0.2) is 4.98 Å². The topological polar surface area (TPSA) is 37.4 Å². The molecular formula is C17H27N3O. The molecule has 0 spiro atoms. The molecule has 116 valence electrons. The van der Waals surface area contributed by atoms with E-state index >= 15 is 0 Å². The van der Waals surface area contributed by atoms with Crippen molar-refractivity contribution in [1.82, 2.24) is 10.3 Å². The lowest BCUT2D eigenvalue weighted by molar-refractivity contribution is 0.241. The second kappa shape index (κ2) is 6.65. The van der Waals surface area contributed by atoms with E-state index in [0.29, 0.717) is 6.04 Å². The van der Waals surface area contributed by atoms with E-state index in [-0.39, 0.29) is 6.10 Å². The van der Waals surface area contributed by atoms with Gasteiger partial charge in [0.25, 0.3) is 0 Å². The first kappa shape index (κ1) is 14.6. The minimum Gasteiger partial charge on any atom is -0.487 e. The molecule has 2 heterocycles.